The maximum Gasteiger partial charge on any atom is 0.0273 e. The van der Waals surface area contributed by atoms with Crippen LogP contribution in [0.5, 0.6) is 0 Å². The van der Waals surface area contributed by atoms with E-state index in [1.54, 1.807) is 0 Å². The van der Waals surface area contributed by atoms with E-state index in [2.05, 4.69) is 9.98 Å². The fourth-order valence-electron chi connectivity index (χ4n) is 0.729. The monoisotopic (exact) mass is 140 g/mol. The van der Waals surface area contributed by atoms with Crippen LogP contribution in [0.1, 0.15) is 25.7 Å². The predicted octanol–water partition coefficient (Wildman–Crippen LogP) is 1.95. The van der Waals surface area contributed by atoms with Crippen LogP contribution >= 0.6 is 0 Å². The second-order valence-electron chi connectivity index (χ2n) is 2.17. The maximum atomic E-state index is 3.89. The van der Waals surface area contributed by atoms with E-state index in [4.69, 9.17) is 0 Å². The van der Waals surface area contributed by atoms with Gasteiger partial charge in [-0.2, -0.15) is 0 Å². The van der Waals surface area contributed by atoms with Crippen molar-refractivity contribution in [1.29, 1.82) is 0 Å². The third kappa shape index (κ3) is 7.34. The summed E-state index contributed by atoms with van der Waals surface area (Å²) in [5, 5.41) is 0. The molecule has 0 saturated carbocycles. The number of unbranched alkanes of at least 4 members (excludes halogenated alkanes) is 3. The minimum atomic E-state index is 1.11. The molecule has 0 fully saturated rings. The van der Waals surface area contributed by atoms with Gasteiger partial charge in [0.15, 0.2) is 0 Å². The van der Waals surface area contributed by atoms with E-state index in [9.17, 15) is 0 Å². The Morgan fingerprint density at radius 1 is 0.900 bits per heavy atom. The molecule has 0 amide bonds. The average molecular weight is 140 g/mol. The molecule has 0 aromatic carbocycles. The van der Waals surface area contributed by atoms with Gasteiger partial charge in [-0.15, -0.1) is 0 Å². The first kappa shape index (κ1) is 9.34. The lowest BCUT2D eigenvalue weighted by molar-refractivity contribution is 0.805. The first-order chi connectivity index (χ1) is 4.91. The standard InChI is InChI=1S/C8H16N2/c1-9-7-5-3-4-6-8-10-2/h7-8H,3-6H2,1-2H3/b9-7-,10-8+. The highest BCUT2D eigenvalue weighted by atomic mass is 14.6. The average Bonchev–Trinajstić information content (AvgIpc) is 1.97. The Morgan fingerprint density at radius 3 is 1.60 bits per heavy atom. The maximum absolute atomic E-state index is 3.89. The molecule has 2 heteroatoms. The summed E-state index contributed by atoms with van der Waals surface area (Å²) in [4.78, 5) is 7.79. The largest absolute Gasteiger partial charge is 0.301 e. The molecule has 0 rings (SSSR count). The number of hydrogen-bond donors (Lipinski definition) is 0. The zero-order valence-electron chi connectivity index (χ0n) is 6.88. The Labute approximate surface area is 63.1 Å². The van der Waals surface area contributed by atoms with Crippen molar-refractivity contribution >= 4 is 12.4 Å². The summed E-state index contributed by atoms with van der Waals surface area (Å²) in [5.74, 6) is 0. The lowest BCUT2D eigenvalue weighted by atomic mass is 10.2. The van der Waals surface area contributed by atoms with Gasteiger partial charge in [-0.05, 0) is 38.1 Å². The van der Waals surface area contributed by atoms with Crippen molar-refractivity contribution in [3.63, 3.8) is 0 Å². The summed E-state index contributed by atoms with van der Waals surface area (Å²) >= 11 is 0. The van der Waals surface area contributed by atoms with Crippen LogP contribution in [0, 0.1) is 0 Å². The van der Waals surface area contributed by atoms with Crippen molar-refractivity contribution in [3.8, 4) is 0 Å². The lowest BCUT2D eigenvalue weighted by Gasteiger charge is -1.90. The topological polar surface area (TPSA) is 24.7 Å². The third-order valence-corrected chi connectivity index (χ3v) is 1.28. The number of hydrogen-bond acceptors (Lipinski definition) is 2. The van der Waals surface area contributed by atoms with Crippen LogP contribution in [0.3, 0.4) is 0 Å². The second kappa shape index (κ2) is 8.34. The Balaban J connectivity index is 2.90. The normalized spacial score (nSPS) is 11.8. The molecule has 58 valence electrons. The summed E-state index contributed by atoms with van der Waals surface area (Å²) in [6, 6.07) is 0. The number of nitrogens with zero attached hydrogens (tertiary/aromatic N) is 2. The minimum absolute atomic E-state index is 1.11. The molecule has 0 heterocycles. The van der Waals surface area contributed by atoms with Crippen LogP contribution in [0.15, 0.2) is 9.98 Å². The molecule has 0 unspecified atom stereocenters. The Morgan fingerprint density at radius 2 is 1.30 bits per heavy atom. The van der Waals surface area contributed by atoms with Crippen molar-refractivity contribution in [2.45, 2.75) is 25.7 Å². The molecule has 0 N–H and O–H groups in total. The van der Waals surface area contributed by atoms with E-state index in [-0.39, 0.29) is 0 Å². The van der Waals surface area contributed by atoms with Gasteiger partial charge in [0.1, 0.15) is 0 Å². The molecule has 0 bridgehead atoms. The molecule has 0 radical (unpaired) electrons. The lowest BCUT2D eigenvalue weighted by Crippen LogP contribution is -1.79. The zero-order valence-corrected chi connectivity index (χ0v) is 6.88. The Kier molecular flexibility index (Phi) is 7.79. The van der Waals surface area contributed by atoms with Crippen molar-refractivity contribution in [3.05, 3.63) is 0 Å². The van der Waals surface area contributed by atoms with Gasteiger partial charge < -0.3 is 9.98 Å². The highest BCUT2D eigenvalue weighted by Gasteiger charge is 1.82. The van der Waals surface area contributed by atoms with Crippen molar-refractivity contribution in [1.82, 2.24) is 0 Å². The van der Waals surface area contributed by atoms with E-state index in [0.29, 0.717) is 0 Å². The molecule has 0 aromatic rings. The second-order valence-corrected chi connectivity index (χ2v) is 2.17. The van der Waals surface area contributed by atoms with Crippen LogP contribution < -0.4 is 0 Å². The minimum Gasteiger partial charge on any atom is -0.301 e. The van der Waals surface area contributed by atoms with Gasteiger partial charge in [-0.25, -0.2) is 0 Å². The van der Waals surface area contributed by atoms with Gasteiger partial charge in [0.05, 0.1) is 0 Å². The Hall–Kier alpha value is -0.660. The van der Waals surface area contributed by atoms with E-state index in [1.807, 2.05) is 26.5 Å². The van der Waals surface area contributed by atoms with Crippen LogP contribution in [0.2, 0.25) is 0 Å². The molecular weight excluding hydrogens is 124 g/mol. The smallest absolute Gasteiger partial charge is 0.0273 e. The fraction of sp³-hybridized carbons (Fsp3) is 0.750. The summed E-state index contributed by atoms with van der Waals surface area (Å²) < 4.78 is 0. The molecule has 10 heavy (non-hydrogen) atoms. The van der Waals surface area contributed by atoms with E-state index >= 15 is 0 Å². The van der Waals surface area contributed by atoms with Crippen LogP contribution in [-0.2, 0) is 0 Å². The van der Waals surface area contributed by atoms with Crippen LogP contribution in [0.4, 0.5) is 0 Å². The molecule has 0 saturated heterocycles. The highest BCUT2D eigenvalue weighted by molar-refractivity contribution is 5.58. The van der Waals surface area contributed by atoms with Crippen molar-refractivity contribution < 1.29 is 0 Å². The van der Waals surface area contributed by atoms with E-state index in [1.165, 1.54) is 12.8 Å². The zero-order chi connectivity index (χ0) is 7.66. The molecule has 0 atom stereocenters. The number of aliphatic imine (C=N–C) groups is 2. The van der Waals surface area contributed by atoms with Gasteiger partial charge in [0.2, 0.25) is 0 Å². The van der Waals surface area contributed by atoms with Crippen LogP contribution in [0.25, 0.3) is 0 Å². The third-order valence-electron chi connectivity index (χ3n) is 1.28. The van der Waals surface area contributed by atoms with Gasteiger partial charge in [-0.1, -0.05) is 0 Å². The van der Waals surface area contributed by atoms with Crippen molar-refractivity contribution in [2.24, 2.45) is 9.98 Å². The van der Waals surface area contributed by atoms with E-state index in [0.717, 1.165) is 12.8 Å². The molecule has 0 spiro atoms. The van der Waals surface area contributed by atoms with Gasteiger partial charge in [-0.3, -0.25) is 0 Å². The molecule has 0 aromatic heterocycles. The predicted molar refractivity (Wildman–Crippen MR) is 47.3 cm³/mol. The van der Waals surface area contributed by atoms with Gasteiger partial charge in [0, 0.05) is 14.1 Å². The summed E-state index contributed by atoms with van der Waals surface area (Å²) in [6.07, 6.45) is 8.58. The summed E-state index contributed by atoms with van der Waals surface area (Å²) in [5.41, 5.74) is 0. The highest BCUT2D eigenvalue weighted by Crippen LogP contribution is 1.95. The first-order valence-electron chi connectivity index (χ1n) is 3.73. The summed E-state index contributed by atoms with van der Waals surface area (Å²) in [7, 11) is 3.63. The van der Waals surface area contributed by atoms with Crippen LogP contribution in [-0.4, -0.2) is 26.5 Å². The molecule has 0 aliphatic rings. The van der Waals surface area contributed by atoms with Gasteiger partial charge in [0.25, 0.3) is 0 Å². The van der Waals surface area contributed by atoms with E-state index < -0.39 is 0 Å². The summed E-state index contributed by atoms with van der Waals surface area (Å²) in [6.45, 7) is 0. The first-order valence-corrected chi connectivity index (χ1v) is 3.73. The number of rotatable bonds is 5. The van der Waals surface area contributed by atoms with Gasteiger partial charge >= 0.3 is 0 Å². The molecular formula is C8H16N2. The molecule has 2 nitrogen and oxygen atoms in total. The SMILES string of the molecule is C/N=C\CCCC/C=N/C. The Bertz CT molecular complexity index is 91.8. The van der Waals surface area contributed by atoms with Crippen molar-refractivity contribution in [2.75, 3.05) is 14.1 Å². The molecule has 0 aliphatic carbocycles. The fourth-order valence-corrected chi connectivity index (χ4v) is 0.729. The quantitative estimate of drug-likeness (QED) is 0.412. The molecule has 0 aliphatic heterocycles.